The first-order chi connectivity index (χ1) is 40.3. The Morgan fingerprint density at radius 3 is 0.536 bits per heavy atom. The molecule has 0 N–H and O–H groups in total. The van der Waals surface area contributed by atoms with Crippen molar-refractivity contribution in [3.63, 3.8) is 0 Å². The molecule has 12 nitrogen and oxygen atoms in total. The second-order valence-electron chi connectivity index (χ2n) is 26.9. The second kappa shape index (κ2) is 50.3. The van der Waals surface area contributed by atoms with Gasteiger partial charge in [-0.15, -0.1) is 0 Å². The Kier molecular flexibility index (Phi) is 48.3. The zero-order valence-corrected chi connectivity index (χ0v) is 61.8. The van der Waals surface area contributed by atoms with Gasteiger partial charge in [-0.05, 0) is 102 Å². The fourth-order valence-corrected chi connectivity index (χ4v) is 35.7. The number of unbranched alkanes of at least 4 members (excludes halogenated alkanes) is 32. The van der Waals surface area contributed by atoms with E-state index in [2.05, 4.69) is 53.9 Å². The van der Waals surface area contributed by atoms with Gasteiger partial charge in [-0.2, -0.15) is 0 Å². The topological polar surface area (TPSA) is 118 Å². The molecule has 1 aliphatic heterocycles. The molecule has 0 aromatic carbocycles. The van der Waals surface area contributed by atoms with E-state index in [-0.39, 0.29) is 23.6 Å². The summed E-state index contributed by atoms with van der Waals surface area (Å²) in [5.41, 5.74) is 0. The van der Waals surface area contributed by atoms with Crippen molar-refractivity contribution < 1.29 is 35.6 Å². The van der Waals surface area contributed by atoms with E-state index in [1.165, 1.54) is 180 Å². The van der Waals surface area contributed by atoms with Crippen molar-refractivity contribution in [3.8, 4) is 0 Å². The van der Waals surface area contributed by atoms with Crippen LogP contribution in [0.25, 0.3) is 0 Å². The molecule has 0 spiro atoms. The largest absolute Gasteiger partial charge is 0.416 e. The highest BCUT2D eigenvalue weighted by Gasteiger charge is 2.56. The average Bonchev–Trinajstić information content (AvgIpc) is 1.32. The third-order valence-electron chi connectivity index (χ3n) is 17.9. The highest BCUT2D eigenvalue weighted by atomic mass is 28.5. The first-order valence-electron chi connectivity index (χ1n) is 36.1. The van der Waals surface area contributed by atoms with Gasteiger partial charge in [0.25, 0.3) is 0 Å². The summed E-state index contributed by atoms with van der Waals surface area (Å²) in [7, 11) is -4.33. The van der Waals surface area contributed by atoms with E-state index in [4.69, 9.17) is 16.5 Å². The average molecular weight is 1250 g/mol. The molecule has 1 heterocycles. The molecule has 0 unspecified atom stereocenters. The molecule has 0 aliphatic carbocycles. The molecule has 1 saturated heterocycles. The van der Waals surface area contributed by atoms with Gasteiger partial charge in [0.1, 0.15) is 0 Å². The van der Waals surface area contributed by atoms with Crippen molar-refractivity contribution >= 4 is 57.9 Å². The van der Waals surface area contributed by atoms with Crippen LogP contribution in [0.1, 0.15) is 310 Å². The molecule has 84 heavy (non-hydrogen) atoms. The first-order valence-corrected chi connectivity index (χ1v) is 46.1. The molecule has 1 rings (SSSR count). The second-order valence-corrected chi connectivity index (χ2v) is 41.3. The third kappa shape index (κ3) is 41.7. The minimum absolute atomic E-state index is 0.208. The van der Waals surface area contributed by atoms with E-state index in [1.807, 2.05) is 47.8 Å². The molecule has 0 bridgehead atoms. The van der Waals surface area contributed by atoms with Crippen LogP contribution < -0.4 is 0 Å². The van der Waals surface area contributed by atoms with Crippen LogP contribution in [0.4, 0.5) is 0 Å². The molecule has 1 fully saturated rings. The van der Waals surface area contributed by atoms with Crippen LogP contribution in [-0.2, 0) is 35.6 Å². The van der Waals surface area contributed by atoms with Crippen molar-refractivity contribution in [1.29, 1.82) is 0 Å². The van der Waals surface area contributed by atoms with Crippen LogP contribution in [0.3, 0.4) is 0 Å². The summed E-state index contributed by atoms with van der Waals surface area (Å²) in [6.07, 6.45) is 49.7. The number of hydrogen-bond donors (Lipinski definition) is 0. The van der Waals surface area contributed by atoms with Crippen molar-refractivity contribution in [2.75, 3.05) is 54.4 Å². The summed E-state index contributed by atoms with van der Waals surface area (Å²) in [6.45, 7) is 20.4. The molecular weight excluding hydrogens is 1110 g/mol. The van der Waals surface area contributed by atoms with Gasteiger partial charge in [0, 0.05) is 80.1 Å². The molecule has 0 aromatic rings. The van der Waals surface area contributed by atoms with Crippen molar-refractivity contribution in [2.24, 2.45) is 0 Å². The number of amides is 4. The van der Waals surface area contributed by atoms with Gasteiger partial charge < -0.3 is 36.1 Å². The minimum Gasteiger partial charge on any atom is -0.416 e. The van der Waals surface area contributed by atoms with E-state index in [0.717, 1.165) is 77.0 Å². The fraction of sp³-hybridized carbons (Fsp3) is 0.941. The maximum absolute atomic E-state index is 13.5. The Balaban J connectivity index is 3.30. The van der Waals surface area contributed by atoms with E-state index in [0.29, 0.717) is 76.0 Å². The Bertz CT molecular complexity index is 1410. The zero-order valence-electron chi connectivity index (χ0n) is 57.8. The number of carbonyl (C=O) groups is 4. The van der Waals surface area contributed by atoms with Crippen molar-refractivity contribution in [1.82, 2.24) is 19.6 Å². The van der Waals surface area contributed by atoms with E-state index >= 15 is 0 Å². The van der Waals surface area contributed by atoms with Crippen LogP contribution in [0.5, 0.6) is 0 Å². The summed E-state index contributed by atoms with van der Waals surface area (Å²) in [5, 5.41) is 0. The smallest absolute Gasteiger partial charge is 0.317 e. The lowest BCUT2D eigenvalue weighted by molar-refractivity contribution is -0.130. The van der Waals surface area contributed by atoms with Crippen LogP contribution >= 0.6 is 0 Å². The summed E-state index contributed by atoms with van der Waals surface area (Å²) >= 11 is 0. The Hall–Kier alpha value is -1.41. The molecular formula is C68H140N4O8Si4. The zero-order chi connectivity index (χ0) is 62.2. The lowest BCUT2D eigenvalue weighted by atomic mass is 10.1. The van der Waals surface area contributed by atoms with Crippen molar-refractivity contribution in [3.05, 3.63) is 0 Å². The lowest BCUT2D eigenvalue weighted by Gasteiger charge is -2.50. The van der Waals surface area contributed by atoms with Gasteiger partial charge in [-0.3, -0.25) is 19.2 Å². The molecule has 1 aliphatic rings. The summed E-state index contributed by atoms with van der Waals surface area (Å²) in [5.74, 6) is 0.833. The van der Waals surface area contributed by atoms with Gasteiger partial charge in [-0.25, -0.2) is 0 Å². The summed E-state index contributed by atoms with van der Waals surface area (Å²) < 4.78 is 30.5. The quantitative estimate of drug-likeness (QED) is 0.0436. The maximum atomic E-state index is 13.5. The number of carbonyl (C=O) groups excluding carboxylic acids is 4. The third-order valence-corrected chi connectivity index (χ3v) is 36.8. The van der Waals surface area contributed by atoms with Crippen LogP contribution in [0, 0.1) is 0 Å². The van der Waals surface area contributed by atoms with Crippen LogP contribution in [-0.4, -0.2) is 132 Å². The number of nitrogens with zero attached hydrogens (tertiary/aromatic N) is 4. The number of rotatable bonds is 56. The summed E-state index contributed by atoms with van der Waals surface area (Å²) in [6, 6.07) is 2.83. The molecule has 496 valence electrons. The van der Waals surface area contributed by atoms with Gasteiger partial charge in [-0.1, -0.05) is 233 Å². The van der Waals surface area contributed by atoms with Gasteiger partial charge >= 0.3 is 34.2 Å². The SMILES string of the molecule is CCCCCCCCCCCC(=O)N(C)CCC[Si]1(C)O[Si](C)(CCCN(C)C(=O)CCCCCCCCCCC)O[Si](C)(CCCN(C)C(=O)CCCCCCCCCCC)O[Si](C)(CCCN(C)C(=O)CCCCCCCCCCC)O1. The standard InChI is InChI=1S/C68H140N4O8Si4/c1-13-17-21-25-29-33-37-41-45-53-65(73)69(5)57-49-61-81(9)77-82(10,62-50-58-70(6)66(74)54-46-42-38-34-30-26-22-18-14-2)79-84(12,64-52-60-72(8)68(76)56-48-44-40-36-32-28-24-20-16-4)80-83(11,78-81)63-51-59-71(7)67(75)55-47-43-39-35-31-27-23-19-15-3/h13-64H2,1-12H3. The molecule has 0 saturated carbocycles. The van der Waals surface area contributed by atoms with Gasteiger partial charge in [0.15, 0.2) is 0 Å². The van der Waals surface area contributed by atoms with E-state index < -0.39 is 34.2 Å². The number of hydrogen-bond acceptors (Lipinski definition) is 8. The molecule has 0 radical (unpaired) electrons. The normalized spacial score (nSPS) is 20.0. The molecule has 0 aromatic heterocycles. The van der Waals surface area contributed by atoms with Gasteiger partial charge in [0.2, 0.25) is 23.6 Å². The Morgan fingerprint density at radius 1 is 0.238 bits per heavy atom. The van der Waals surface area contributed by atoms with Crippen LogP contribution in [0.15, 0.2) is 0 Å². The van der Waals surface area contributed by atoms with Crippen LogP contribution in [0.2, 0.25) is 50.4 Å². The highest BCUT2D eigenvalue weighted by Crippen LogP contribution is 2.39. The van der Waals surface area contributed by atoms with Gasteiger partial charge in [0.05, 0.1) is 0 Å². The monoisotopic (exact) mass is 1250 g/mol. The first kappa shape index (κ1) is 80.6. The van der Waals surface area contributed by atoms with E-state index in [1.54, 1.807) is 0 Å². The molecule has 4 amide bonds. The highest BCUT2D eigenvalue weighted by molar-refractivity contribution is 6.93. The molecule has 0 atom stereocenters. The predicted octanol–water partition coefficient (Wildman–Crippen LogP) is 19.4. The minimum atomic E-state index is -3.03. The summed E-state index contributed by atoms with van der Waals surface area (Å²) in [4.78, 5) is 61.5. The van der Waals surface area contributed by atoms with Crippen molar-refractivity contribution in [2.45, 2.75) is 361 Å². The maximum Gasteiger partial charge on any atom is 0.317 e. The fourth-order valence-electron chi connectivity index (χ4n) is 12.5. The molecule has 16 heteroatoms. The lowest BCUT2D eigenvalue weighted by Crippen LogP contribution is -2.67. The van der Waals surface area contributed by atoms with E-state index in [9.17, 15) is 19.2 Å². The predicted molar refractivity (Wildman–Crippen MR) is 366 cm³/mol. The Morgan fingerprint density at radius 2 is 0.381 bits per heavy atom. The Labute approximate surface area is 525 Å².